The molecule has 7 nitrogen and oxygen atoms in total. The van der Waals surface area contributed by atoms with Crippen LogP contribution in [0.15, 0.2) is 23.2 Å². The molecule has 1 saturated heterocycles. The topological polar surface area (TPSA) is 64.6 Å². The molecule has 0 radical (unpaired) electrons. The van der Waals surface area contributed by atoms with Gasteiger partial charge in [-0.1, -0.05) is 18.9 Å². The van der Waals surface area contributed by atoms with E-state index in [4.69, 9.17) is 18.9 Å². The number of piperidine rings is 1. The van der Waals surface area contributed by atoms with Gasteiger partial charge < -0.3 is 29.2 Å². The highest BCUT2D eigenvalue weighted by Crippen LogP contribution is 2.43. The largest absolute Gasteiger partial charge is 0.486 e. The van der Waals surface area contributed by atoms with E-state index in [0.29, 0.717) is 19.3 Å². The molecule has 2 heterocycles. The van der Waals surface area contributed by atoms with E-state index in [1.807, 2.05) is 7.05 Å². The molecule has 1 aromatic rings. The van der Waals surface area contributed by atoms with Crippen LogP contribution in [0.5, 0.6) is 11.5 Å². The number of hydrogen-bond donors (Lipinski definition) is 1. The van der Waals surface area contributed by atoms with E-state index in [1.54, 1.807) is 7.11 Å². The number of likely N-dealkylation sites (tertiary alicyclic amines) is 1. The molecule has 1 saturated carbocycles. The third kappa shape index (κ3) is 6.66. The summed E-state index contributed by atoms with van der Waals surface area (Å²) in [5.41, 5.74) is 1.47. The highest BCUT2D eigenvalue weighted by Gasteiger charge is 2.37. The van der Waals surface area contributed by atoms with E-state index in [1.165, 1.54) is 31.2 Å². The molecule has 1 N–H and O–H groups in total. The second-order valence-electron chi connectivity index (χ2n) is 9.15. The Balaban J connectivity index is 0.00000306. The van der Waals surface area contributed by atoms with Crippen LogP contribution < -0.4 is 14.8 Å². The maximum absolute atomic E-state index is 6.02. The number of fused-ring (bicyclic) bond motifs is 1. The molecule has 186 valence electrons. The number of ether oxygens (including phenoxy) is 4. The van der Waals surface area contributed by atoms with Gasteiger partial charge in [0.05, 0.1) is 6.10 Å². The van der Waals surface area contributed by atoms with Crippen molar-refractivity contribution >= 4 is 29.9 Å². The number of rotatable bonds is 8. The van der Waals surface area contributed by atoms with Crippen molar-refractivity contribution in [3.05, 3.63) is 23.8 Å². The maximum Gasteiger partial charge on any atom is 0.193 e. The number of nitrogens with zero attached hydrogens (tertiary/aromatic N) is 2. The van der Waals surface area contributed by atoms with Gasteiger partial charge >= 0.3 is 0 Å². The van der Waals surface area contributed by atoms with Crippen LogP contribution >= 0.6 is 24.0 Å². The third-order valence-electron chi connectivity index (χ3n) is 7.10. The van der Waals surface area contributed by atoms with Gasteiger partial charge in [-0.25, -0.2) is 0 Å². The van der Waals surface area contributed by atoms with Crippen molar-refractivity contribution in [3.8, 4) is 11.5 Å². The number of guanidine groups is 1. The molecule has 3 aliphatic rings. The van der Waals surface area contributed by atoms with Crippen LogP contribution in [0.4, 0.5) is 0 Å². The third-order valence-corrected chi connectivity index (χ3v) is 7.10. The molecule has 4 rings (SSSR count). The Kier molecular flexibility index (Phi) is 10.4. The van der Waals surface area contributed by atoms with Gasteiger partial charge in [-0.2, -0.15) is 0 Å². The fraction of sp³-hybridized carbons (Fsp3) is 0.720. The lowest BCUT2D eigenvalue weighted by atomic mass is 9.78. The zero-order chi connectivity index (χ0) is 22.2. The molecule has 33 heavy (non-hydrogen) atoms. The molecule has 2 fully saturated rings. The fourth-order valence-electron chi connectivity index (χ4n) is 5.26. The maximum atomic E-state index is 6.02. The Hall–Kier alpha value is -1.26. The SMILES string of the molecule is CN=C(NCC1(c2ccc3c(c2)OCCO3)CCCC1)N1CCC(OCCCOC)CC1.I. The van der Waals surface area contributed by atoms with Gasteiger partial charge in [0, 0.05) is 52.4 Å². The summed E-state index contributed by atoms with van der Waals surface area (Å²) in [6, 6.07) is 6.52. The first-order chi connectivity index (χ1) is 15.7. The number of nitrogens with one attached hydrogen (secondary N) is 1. The summed E-state index contributed by atoms with van der Waals surface area (Å²) < 4.78 is 22.7. The lowest BCUT2D eigenvalue weighted by Gasteiger charge is -2.37. The van der Waals surface area contributed by atoms with Crippen molar-refractivity contribution < 1.29 is 18.9 Å². The number of benzene rings is 1. The minimum atomic E-state index is 0. The Morgan fingerprint density at radius 3 is 2.55 bits per heavy atom. The Labute approximate surface area is 215 Å². The lowest BCUT2D eigenvalue weighted by Crippen LogP contribution is -2.50. The standard InChI is InChI=1S/C25H39N3O4.HI/c1-26-24(28-12-8-21(9-13-28)30-15-5-14-29-2)27-19-25(10-3-4-11-25)20-6-7-22-23(18-20)32-17-16-31-22;/h6-7,18,21H,3-5,8-17,19H2,1-2H3,(H,26,27);1H. The van der Waals surface area contributed by atoms with Crippen LogP contribution in [0, 0.1) is 0 Å². The molecule has 2 aliphatic heterocycles. The quantitative estimate of drug-likeness (QED) is 0.220. The first-order valence-corrected chi connectivity index (χ1v) is 12.2. The van der Waals surface area contributed by atoms with E-state index in [-0.39, 0.29) is 29.4 Å². The van der Waals surface area contributed by atoms with E-state index < -0.39 is 0 Å². The number of halogens is 1. The highest BCUT2D eigenvalue weighted by molar-refractivity contribution is 14.0. The molecule has 8 heteroatoms. The van der Waals surface area contributed by atoms with Crippen LogP contribution in [0.2, 0.25) is 0 Å². The summed E-state index contributed by atoms with van der Waals surface area (Å²) >= 11 is 0. The van der Waals surface area contributed by atoms with Gasteiger partial charge in [0.15, 0.2) is 17.5 Å². The average molecular weight is 574 g/mol. The molecular weight excluding hydrogens is 533 g/mol. The number of methoxy groups -OCH3 is 1. The van der Waals surface area contributed by atoms with Crippen molar-refractivity contribution in [2.24, 2.45) is 4.99 Å². The van der Waals surface area contributed by atoms with Crippen LogP contribution in [-0.4, -0.2) is 77.2 Å². The minimum absolute atomic E-state index is 0. The minimum Gasteiger partial charge on any atom is -0.486 e. The van der Waals surface area contributed by atoms with Crippen molar-refractivity contribution in [1.82, 2.24) is 10.2 Å². The normalized spacial score (nSPS) is 20.4. The van der Waals surface area contributed by atoms with Gasteiger partial charge in [-0.3, -0.25) is 4.99 Å². The smallest absolute Gasteiger partial charge is 0.193 e. The number of hydrogen-bond acceptors (Lipinski definition) is 5. The monoisotopic (exact) mass is 573 g/mol. The summed E-state index contributed by atoms with van der Waals surface area (Å²) in [6.45, 7) is 5.65. The second-order valence-corrected chi connectivity index (χ2v) is 9.15. The molecule has 0 aromatic heterocycles. The van der Waals surface area contributed by atoms with E-state index in [9.17, 15) is 0 Å². The summed E-state index contributed by atoms with van der Waals surface area (Å²) in [4.78, 5) is 6.99. The van der Waals surface area contributed by atoms with Crippen molar-refractivity contribution in [2.75, 3.05) is 60.2 Å². The van der Waals surface area contributed by atoms with Crippen molar-refractivity contribution in [2.45, 2.75) is 56.5 Å². The molecule has 0 amide bonds. The van der Waals surface area contributed by atoms with Gasteiger partial charge in [0.1, 0.15) is 13.2 Å². The van der Waals surface area contributed by atoms with Crippen LogP contribution in [0.3, 0.4) is 0 Å². The molecule has 1 aliphatic carbocycles. The first kappa shape index (κ1) is 26.3. The van der Waals surface area contributed by atoms with Crippen LogP contribution in [-0.2, 0) is 14.9 Å². The zero-order valence-corrected chi connectivity index (χ0v) is 22.5. The predicted octanol–water partition coefficient (Wildman–Crippen LogP) is 3.98. The molecule has 0 bridgehead atoms. The van der Waals surface area contributed by atoms with Crippen molar-refractivity contribution in [3.63, 3.8) is 0 Å². The summed E-state index contributed by atoms with van der Waals surface area (Å²) in [5.74, 6) is 2.76. The first-order valence-electron chi connectivity index (χ1n) is 12.2. The molecule has 0 atom stereocenters. The average Bonchev–Trinajstić information content (AvgIpc) is 3.33. The Morgan fingerprint density at radius 1 is 1.12 bits per heavy atom. The summed E-state index contributed by atoms with van der Waals surface area (Å²) in [7, 11) is 3.63. The van der Waals surface area contributed by atoms with Gasteiger partial charge in [-0.05, 0) is 49.8 Å². The van der Waals surface area contributed by atoms with Crippen molar-refractivity contribution in [1.29, 1.82) is 0 Å². The molecular formula is C25H40IN3O4. The zero-order valence-electron chi connectivity index (χ0n) is 20.1. The summed E-state index contributed by atoms with van der Waals surface area (Å²) in [6.07, 6.45) is 8.30. The Morgan fingerprint density at radius 2 is 1.85 bits per heavy atom. The van der Waals surface area contributed by atoms with Gasteiger partial charge in [0.2, 0.25) is 0 Å². The number of aliphatic imine (C=N–C) groups is 1. The van der Waals surface area contributed by atoms with Gasteiger partial charge in [0.25, 0.3) is 0 Å². The molecule has 0 spiro atoms. The van der Waals surface area contributed by atoms with E-state index >= 15 is 0 Å². The lowest BCUT2D eigenvalue weighted by molar-refractivity contribution is 0.00987. The highest BCUT2D eigenvalue weighted by atomic mass is 127. The fourth-order valence-corrected chi connectivity index (χ4v) is 5.26. The molecule has 1 aromatic carbocycles. The molecule has 0 unspecified atom stereocenters. The van der Waals surface area contributed by atoms with E-state index in [0.717, 1.165) is 69.6 Å². The van der Waals surface area contributed by atoms with Gasteiger partial charge in [-0.15, -0.1) is 24.0 Å². The Bertz CT molecular complexity index is 762. The predicted molar refractivity (Wildman–Crippen MR) is 141 cm³/mol. The van der Waals surface area contributed by atoms with Crippen LogP contribution in [0.25, 0.3) is 0 Å². The summed E-state index contributed by atoms with van der Waals surface area (Å²) in [5, 5.41) is 3.72. The van der Waals surface area contributed by atoms with E-state index in [2.05, 4.69) is 33.4 Å². The second kappa shape index (κ2) is 13.0. The van der Waals surface area contributed by atoms with Crippen LogP contribution in [0.1, 0.15) is 50.5 Å².